The number of fused-ring (bicyclic) bond motifs is 1. The van der Waals surface area contributed by atoms with Crippen LogP contribution in [-0.4, -0.2) is 78.9 Å². The van der Waals surface area contributed by atoms with Crippen molar-refractivity contribution in [3.8, 4) is 0 Å². The molecule has 7 nitrogen and oxygen atoms in total. The topological polar surface area (TPSA) is 82.6 Å². The lowest BCUT2D eigenvalue weighted by atomic mass is 10.2. The molecule has 0 bridgehead atoms. The fourth-order valence-electron chi connectivity index (χ4n) is 3.88. The summed E-state index contributed by atoms with van der Waals surface area (Å²) in [5, 5.41) is 4.04. The molecule has 1 aromatic heterocycles. The molecular weight excluding hydrogens is 396 g/mol. The number of hydrogen-bond acceptors (Lipinski definition) is 7. The number of carbonyl (C=O) groups excluding carboxylic acids is 1. The van der Waals surface area contributed by atoms with Crippen LogP contribution in [0.2, 0.25) is 0 Å². The van der Waals surface area contributed by atoms with Gasteiger partial charge in [0.15, 0.2) is 9.84 Å². The van der Waals surface area contributed by atoms with Gasteiger partial charge in [-0.3, -0.25) is 14.6 Å². The van der Waals surface area contributed by atoms with Gasteiger partial charge in [-0.2, -0.15) is 0 Å². The van der Waals surface area contributed by atoms with Crippen LogP contribution in [-0.2, 0) is 21.2 Å². The number of rotatable bonds is 5. The molecule has 2 aromatic rings. The van der Waals surface area contributed by atoms with E-state index in [1.807, 2.05) is 25.1 Å². The molecular formula is C19H26N4O3S2. The predicted molar refractivity (Wildman–Crippen MR) is 111 cm³/mol. The Kier molecular flexibility index (Phi) is 5.69. The molecule has 2 aliphatic heterocycles. The third-order valence-electron chi connectivity index (χ3n) is 5.61. The van der Waals surface area contributed by atoms with Crippen LogP contribution < -0.4 is 5.32 Å². The van der Waals surface area contributed by atoms with Crippen molar-refractivity contribution in [3.05, 3.63) is 29.3 Å². The van der Waals surface area contributed by atoms with Crippen LogP contribution in [0.25, 0.3) is 10.2 Å². The Balaban J connectivity index is 1.26. The van der Waals surface area contributed by atoms with Crippen molar-refractivity contribution in [2.24, 2.45) is 0 Å². The molecule has 1 amide bonds. The first kappa shape index (κ1) is 19.8. The predicted octanol–water partition coefficient (Wildman–Crippen LogP) is 1.11. The molecule has 0 aliphatic carbocycles. The minimum atomic E-state index is -2.98. The SMILES string of the molecule is CC(C(=O)NC1CCS(=O)(=O)C1)N1CCN(Cc2nc3ccccc3s2)CC1. The molecule has 1 aromatic carbocycles. The van der Waals surface area contributed by atoms with Crippen LogP contribution in [0.4, 0.5) is 0 Å². The first-order chi connectivity index (χ1) is 13.4. The number of amides is 1. The minimum Gasteiger partial charge on any atom is -0.351 e. The van der Waals surface area contributed by atoms with Gasteiger partial charge in [0.1, 0.15) is 5.01 Å². The number of carbonyl (C=O) groups is 1. The second-order valence-electron chi connectivity index (χ2n) is 7.67. The van der Waals surface area contributed by atoms with Crippen LogP contribution in [0.3, 0.4) is 0 Å². The van der Waals surface area contributed by atoms with E-state index in [1.54, 1.807) is 11.3 Å². The summed E-state index contributed by atoms with van der Waals surface area (Å²) < 4.78 is 24.3. The molecule has 0 spiro atoms. The molecule has 9 heteroatoms. The van der Waals surface area contributed by atoms with Crippen LogP contribution >= 0.6 is 11.3 Å². The first-order valence-electron chi connectivity index (χ1n) is 9.71. The lowest BCUT2D eigenvalue weighted by Gasteiger charge is -2.37. The second kappa shape index (κ2) is 8.06. The quantitative estimate of drug-likeness (QED) is 0.777. The Morgan fingerprint density at radius 1 is 1.29 bits per heavy atom. The van der Waals surface area contributed by atoms with Gasteiger partial charge in [0.05, 0.1) is 34.3 Å². The van der Waals surface area contributed by atoms with Crippen LogP contribution in [0.1, 0.15) is 18.4 Å². The monoisotopic (exact) mass is 422 g/mol. The average Bonchev–Trinajstić information content (AvgIpc) is 3.23. The summed E-state index contributed by atoms with van der Waals surface area (Å²) in [5.41, 5.74) is 1.06. The highest BCUT2D eigenvalue weighted by Crippen LogP contribution is 2.23. The van der Waals surface area contributed by atoms with Crippen molar-refractivity contribution >= 4 is 37.3 Å². The van der Waals surface area contributed by atoms with Crippen molar-refractivity contribution in [2.45, 2.75) is 32.0 Å². The summed E-state index contributed by atoms with van der Waals surface area (Å²) in [5.74, 6) is 0.180. The average molecular weight is 423 g/mol. The molecule has 0 saturated carbocycles. The van der Waals surface area contributed by atoms with Gasteiger partial charge in [-0.15, -0.1) is 11.3 Å². The number of sulfone groups is 1. The van der Waals surface area contributed by atoms with E-state index in [9.17, 15) is 13.2 Å². The number of hydrogen-bond donors (Lipinski definition) is 1. The molecule has 3 heterocycles. The number of benzene rings is 1. The van der Waals surface area contributed by atoms with E-state index in [0.29, 0.717) is 6.42 Å². The van der Waals surface area contributed by atoms with E-state index in [-0.39, 0.29) is 29.5 Å². The number of aromatic nitrogens is 1. The number of piperazine rings is 1. The lowest BCUT2D eigenvalue weighted by Crippen LogP contribution is -2.54. The van der Waals surface area contributed by atoms with E-state index >= 15 is 0 Å². The second-order valence-corrected chi connectivity index (χ2v) is 11.0. The van der Waals surface area contributed by atoms with E-state index in [2.05, 4.69) is 21.2 Å². The standard InChI is InChI=1S/C19H26N4O3S2/c1-14(19(24)20-15-6-11-28(25,26)13-15)23-9-7-22(8-10-23)12-18-21-16-4-2-3-5-17(16)27-18/h2-5,14-15H,6-13H2,1H3,(H,20,24). The molecule has 0 radical (unpaired) electrons. The maximum atomic E-state index is 12.5. The van der Waals surface area contributed by atoms with Gasteiger partial charge in [0, 0.05) is 32.2 Å². The lowest BCUT2D eigenvalue weighted by molar-refractivity contribution is -0.127. The molecule has 2 saturated heterocycles. The maximum Gasteiger partial charge on any atom is 0.237 e. The Morgan fingerprint density at radius 2 is 2.04 bits per heavy atom. The van der Waals surface area contributed by atoms with Gasteiger partial charge in [-0.05, 0) is 25.5 Å². The summed E-state index contributed by atoms with van der Waals surface area (Å²) >= 11 is 1.74. The molecule has 2 fully saturated rings. The fourth-order valence-corrected chi connectivity index (χ4v) is 6.57. The van der Waals surface area contributed by atoms with E-state index in [4.69, 9.17) is 4.98 Å². The Bertz CT molecular complexity index is 918. The van der Waals surface area contributed by atoms with Crippen molar-refractivity contribution < 1.29 is 13.2 Å². The van der Waals surface area contributed by atoms with Crippen LogP contribution in [0, 0.1) is 0 Å². The minimum absolute atomic E-state index is 0.0678. The highest BCUT2D eigenvalue weighted by atomic mass is 32.2. The molecule has 2 atom stereocenters. The summed E-state index contributed by atoms with van der Waals surface area (Å²) in [6, 6.07) is 7.72. The molecule has 152 valence electrons. The normalized spacial score (nSPS) is 24.4. The van der Waals surface area contributed by atoms with Crippen LogP contribution in [0.15, 0.2) is 24.3 Å². The van der Waals surface area contributed by atoms with Crippen LogP contribution in [0.5, 0.6) is 0 Å². The number of thiazole rings is 1. The number of nitrogens with zero attached hydrogens (tertiary/aromatic N) is 3. The van der Waals surface area contributed by atoms with E-state index in [0.717, 1.165) is 43.2 Å². The van der Waals surface area contributed by atoms with Gasteiger partial charge < -0.3 is 5.32 Å². The summed E-state index contributed by atoms with van der Waals surface area (Å²) in [4.78, 5) is 21.8. The van der Waals surface area contributed by atoms with Gasteiger partial charge >= 0.3 is 0 Å². The molecule has 1 N–H and O–H groups in total. The van der Waals surface area contributed by atoms with Gasteiger partial charge in [-0.25, -0.2) is 13.4 Å². The third kappa shape index (κ3) is 4.53. The smallest absolute Gasteiger partial charge is 0.237 e. The van der Waals surface area contributed by atoms with Crippen molar-refractivity contribution in [3.63, 3.8) is 0 Å². The Labute approximate surface area is 169 Å². The van der Waals surface area contributed by atoms with Crippen molar-refractivity contribution in [1.82, 2.24) is 20.1 Å². The Morgan fingerprint density at radius 3 is 2.71 bits per heavy atom. The fraction of sp³-hybridized carbons (Fsp3) is 0.579. The van der Waals surface area contributed by atoms with Gasteiger partial charge in [-0.1, -0.05) is 12.1 Å². The van der Waals surface area contributed by atoms with Crippen molar-refractivity contribution in [2.75, 3.05) is 37.7 Å². The number of nitrogens with one attached hydrogen (secondary N) is 1. The zero-order chi connectivity index (χ0) is 19.7. The summed E-state index contributed by atoms with van der Waals surface area (Å²) in [7, 11) is -2.98. The summed E-state index contributed by atoms with van der Waals surface area (Å²) in [6.07, 6.45) is 0.525. The third-order valence-corrected chi connectivity index (χ3v) is 8.40. The Hall–Kier alpha value is -1.55. The van der Waals surface area contributed by atoms with Gasteiger partial charge in [0.25, 0.3) is 0 Å². The summed E-state index contributed by atoms with van der Waals surface area (Å²) in [6.45, 7) is 6.18. The maximum absolute atomic E-state index is 12.5. The molecule has 2 unspecified atom stereocenters. The molecule has 4 rings (SSSR count). The van der Waals surface area contributed by atoms with Crippen molar-refractivity contribution in [1.29, 1.82) is 0 Å². The van der Waals surface area contributed by atoms with Gasteiger partial charge in [0.2, 0.25) is 5.91 Å². The van der Waals surface area contributed by atoms with E-state index in [1.165, 1.54) is 4.70 Å². The number of para-hydroxylation sites is 1. The zero-order valence-corrected chi connectivity index (χ0v) is 17.6. The molecule has 2 aliphatic rings. The van der Waals surface area contributed by atoms with E-state index < -0.39 is 9.84 Å². The highest BCUT2D eigenvalue weighted by Gasteiger charge is 2.32. The molecule has 28 heavy (non-hydrogen) atoms. The largest absolute Gasteiger partial charge is 0.351 e. The zero-order valence-electron chi connectivity index (χ0n) is 16.0. The highest BCUT2D eigenvalue weighted by molar-refractivity contribution is 7.91. The first-order valence-corrected chi connectivity index (χ1v) is 12.3.